The number of benzene rings is 1. The zero-order valence-electron chi connectivity index (χ0n) is 16.6. The highest BCUT2D eigenvalue weighted by atomic mass is 28.3. The maximum absolute atomic E-state index is 12.8. The van der Waals surface area contributed by atoms with Gasteiger partial charge in [-0.2, -0.15) is 0 Å². The van der Waals surface area contributed by atoms with Gasteiger partial charge in [0, 0.05) is 13.1 Å². The van der Waals surface area contributed by atoms with Crippen molar-refractivity contribution in [3.05, 3.63) is 35.9 Å². The van der Waals surface area contributed by atoms with Gasteiger partial charge >= 0.3 is 6.09 Å². The van der Waals surface area contributed by atoms with Crippen LogP contribution < -0.4 is 0 Å². The molecule has 0 heterocycles. The summed E-state index contributed by atoms with van der Waals surface area (Å²) in [6.45, 7) is 16.7. The first-order valence-corrected chi connectivity index (χ1v) is 12.7. The minimum Gasteiger partial charge on any atom is -0.442 e. The van der Waals surface area contributed by atoms with Crippen molar-refractivity contribution < 1.29 is 9.53 Å². The minimum atomic E-state index is -1.86. The second kappa shape index (κ2) is 8.70. The molecule has 0 spiro atoms. The number of rotatable bonds is 8. The molecule has 24 heavy (non-hydrogen) atoms. The summed E-state index contributed by atoms with van der Waals surface area (Å²) < 4.78 is 6.35. The monoisotopic (exact) mass is 349 g/mol. The van der Waals surface area contributed by atoms with Crippen LogP contribution in [0, 0.1) is 5.92 Å². The molecule has 136 valence electrons. The summed E-state index contributed by atoms with van der Waals surface area (Å²) >= 11 is 0. The Kier molecular flexibility index (Phi) is 7.52. The summed E-state index contributed by atoms with van der Waals surface area (Å²) in [5.41, 5.74) is 1.14. The van der Waals surface area contributed by atoms with E-state index in [1.165, 1.54) is 0 Å². The van der Waals surface area contributed by atoms with Crippen LogP contribution in [0.25, 0.3) is 0 Å². The maximum atomic E-state index is 12.8. The first kappa shape index (κ1) is 20.8. The molecular weight excluding hydrogens is 314 g/mol. The minimum absolute atomic E-state index is 0.186. The van der Waals surface area contributed by atoms with Crippen LogP contribution in [0.3, 0.4) is 0 Å². The molecule has 4 heteroatoms. The average Bonchev–Trinajstić information content (AvgIpc) is 2.54. The van der Waals surface area contributed by atoms with Gasteiger partial charge in [-0.3, -0.25) is 0 Å². The van der Waals surface area contributed by atoms with E-state index in [-0.39, 0.29) is 6.09 Å². The van der Waals surface area contributed by atoms with Crippen LogP contribution in [0.15, 0.2) is 30.3 Å². The van der Waals surface area contributed by atoms with Gasteiger partial charge in [0.15, 0.2) is 0 Å². The molecule has 0 aliphatic heterocycles. The van der Waals surface area contributed by atoms with Crippen LogP contribution >= 0.6 is 0 Å². The third-order valence-corrected chi connectivity index (χ3v) is 8.09. The number of carbonyl (C=O) groups excluding carboxylic acids is 1. The number of amides is 1. The predicted octanol–water partition coefficient (Wildman–Crippen LogP) is 5.67. The summed E-state index contributed by atoms with van der Waals surface area (Å²) in [5, 5.41) is -0.497. The molecule has 0 radical (unpaired) electrons. The van der Waals surface area contributed by atoms with E-state index >= 15 is 0 Å². The van der Waals surface area contributed by atoms with Crippen molar-refractivity contribution in [3.8, 4) is 0 Å². The Balaban J connectivity index is 3.39. The van der Waals surface area contributed by atoms with E-state index in [1.54, 1.807) is 4.90 Å². The molecule has 2 unspecified atom stereocenters. The van der Waals surface area contributed by atoms with Crippen molar-refractivity contribution in [1.29, 1.82) is 0 Å². The topological polar surface area (TPSA) is 29.5 Å². The molecule has 0 fully saturated rings. The number of hydrogen-bond donors (Lipinski definition) is 0. The lowest BCUT2D eigenvalue weighted by atomic mass is 9.95. The van der Waals surface area contributed by atoms with Crippen LogP contribution in [0.2, 0.25) is 19.6 Å². The third kappa shape index (κ3) is 4.62. The molecule has 0 saturated carbocycles. The highest BCUT2D eigenvalue weighted by Crippen LogP contribution is 2.42. The molecular formula is C20H35NO2Si. The van der Waals surface area contributed by atoms with Crippen molar-refractivity contribution in [1.82, 2.24) is 4.90 Å². The lowest BCUT2D eigenvalue weighted by Gasteiger charge is -2.45. The molecule has 3 nitrogen and oxygen atoms in total. The molecule has 0 N–H and O–H groups in total. The first-order chi connectivity index (χ1) is 11.2. The Labute approximate surface area is 149 Å². The number of ether oxygens (including phenoxy) is 1. The molecule has 0 bridgehead atoms. The zero-order valence-corrected chi connectivity index (χ0v) is 17.6. The Morgan fingerprint density at radius 3 is 2.08 bits per heavy atom. The fraction of sp³-hybridized carbons (Fsp3) is 0.650. The standard InChI is InChI=1S/C20H35NO2Si/c1-8-17(4)16-20(24(5,6)7,18-14-12-11-13-15-18)23-19(22)21(9-2)10-3/h11-15,17H,8-10,16H2,1-7H3. The second-order valence-corrected chi connectivity index (χ2v) is 13.0. The van der Waals surface area contributed by atoms with E-state index in [2.05, 4.69) is 45.6 Å². The van der Waals surface area contributed by atoms with E-state index in [4.69, 9.17) is 4.74 Å². The Morgan fingerprint density at radius 1 is 1.12 bits per heavy atom. The molecule has 1 amide bonds. The van der Waals surface area contributed by atoms with Gasteiger partial charge in [0.2, 0.25) is 0 Å². The first-order valence-electron chi connectivity index (χ1n) is 9.25. The normalized spacial score (nSPS) is 15.5. The van der Waals surface area contributed by atoms with Gasteiger partial charge in [0.1, 0.15) is 13.3 Å². The maximum Gasteiger partial charge on any atom is 0.410 e. The number of hydrogen-bond acceptors (Lipinski definition) is 2. The molecule has 0 aromatic heterocycles. The summed E-state index contributed by atoms with van der Waals surface area (Å²) in [6.07, 6.45) is 1.78. The van der Waals surface area contributed by atoms with Crippen molar-refractivity contribution in [2.75, 3.05) is 13.1 Å². The fourth-order valence-electron chi connectivity index (χ4n) is 3.15. The largest absolute Gasteiger partial charge is 0.442 e. The summed E-state index contributed by atoms with van der Waals surface area (Å²) in [6, 6.07) is 10.4. The molecule has 2 atom stereocenters. The highest BCUT2D eigenvalue weighted by molar-refractivity contribution is 6.78. The van der Waals surface area contributed by atoms with E-state index in [1.807, 2.05) is 32.0 Å². The van der Waals surface area contributed by atoms with E-state index in [0.717, 1.165) is 18.4 Å². The smallest absolute Gasteiger partial charge is 0.410 e. The molecule has 1 aromatic rings. The molecule has 0 aliphatic rings. The second-order valence-electron chi connectivity index (χ2n) is 7.70. The SMILES string of the molecule is CCC(C)CC(OC(=O)N(CC)CC)(c1ccccc1)[Si](C)(C)C. The van der Waals surface area contributed by atoms with E-state index < -0.39 is 13.3 Å². The van der Waals surface area contributed by atoms with Gasteiger partial charge in [0.25, 0.3) is 0 Å². The van der Waals surface area contributed by atoms with Crippen LogP contribution in [-0.2, 0) is 9.96 Å². The Hall–Kier alpha value is -1.29. The van der Waals surface area contributed by atoms with Gasteiger partial charge in [-0.05, 0) is 31.7 Å². The van der Waals surface area contributed by atoms with Crippen LogP contribution in [0.1, 0.15) is 46.1 Å². The quantitative estimate of drug-likeness (QED) is 0.566. The van der Waals surface area contributed by atoms with E-state index in [9.17, 15) is 4.79 Å². The van der Waals surface area contributed by atoms with E-state index in [0.29, 0.717) is 19.0 Å². The third-order valence-electron chi connectivity index (χ3n) is 5.07. The van der Waals surface area contributed by atoms with Crippen molar-refractivity contribution in [2.45, 2.75) is 65.4 Å². The molecule has 0 aliphatic carbocycles. The van der Waals surface area contributed by atoms with Crippen LogP contribution in [-0.4, -0.2) is 32.2 Å². The fourth-order valence-corrected chi connectivity index (χ4v) is 5.54. The lowest BCUT2D eigenvalue weighted by molar-refractivity contribution is 0.0202. The van der Waals surface area contributed by atoms with Gasteiger partial charge in [-0.15, -0.1) is 0 Å². The predicted molar refractivity (Wildman–Crippen MR) is 105 cm³/mol. The molecule has 1 aromatic carbocycles. The van der Waals surface area contributed by atoms with Crippen LogP contribution in [0.5, 0.6) is 0 Å². The van der Waals surface area contributed by atoms with Crippen molar-refractivity contribution >= 4 is 14.2 Å². The van der Waals surface area contributed by atoms with Crippen LogP contribution in [0.4, 0.5) is 4.79 Å². The summed E-state index contributed by atoms with van der Waals surface area (Å²) in [4.78, 5) is 14.6. The molecule has 0 saturated heterocycles. The van der Waals surface area contributed by atoms with Gasteiger partial charge in [-0.1, -0.05) is 70.2 Å². The van der Waals surface area contributed by atoms with Crippen molar-refractivity contribution in [3.63, 3.8) is 0 Å². The lowest BCUT2D eigenvalue weighted by Crippen LogP contribution is -2.55. The van der Waals surface area contributed by atoms with Crippen molar-refractivity contribution in [2.24, 2.45) is 5.92 Å². The zero-order chi connectivity index (χ0) is 18.4. The highest BCUT2D eigenvalue weighted by Gasteiger charge is 2.49. The average molecular weight is 350 g/mol. The summed E-state index contributed by atoms with van der Waals surface area (Å²) in [5.74, 6) is 0.501. The Bertz CT molecular complexity index is 508. The Morgan fingerprint density at radius 2 is 1.67 bits per heavy atom. The number of carbonyl (C=O) groups is 1. The van der Waals surface area contributed by atoms with Gasteiger partial charge < -0.3 is 9.64 Å². The summed E-state index contributed by atoms with van der Waals surface area (Å²) in [7, 11) is -1.86. The van der Waals surface area contributed by atoms with Gasteiger partial charge in [0.05, 0.1) is 0 Å². The molecule has 1 rings (SSSR count). The van der Waals surface area contributed by atoms with Gasteiger partial charge in [-0.25, -0.2) is 4.79 Å². The number of nitrogens with zero attached hydrogens (tertiary/aromatic N) is 1.